The van der Waals surface area contributed by atoms with Gasteiger partial charge in [0.05, 0.1) is 11.8 Å². The molecule has 0 aliphatic rings. The van der Waals surface area contributed by atoms with E-state index in [1.165, 1.54) is 11.1 Å². The number of aliphatic carboxylic acids is 1. The topological polar surface area (TPSA) is 98.2 Å². The van der Waals surface area contributed by atoms with Gasteiger partial charge in [-0.05, 0) is 55.7 Å². The molecule has 0 radical (unpaired) electrons. The third-order valence-electron chi connectivity index (χ3n) is 7.46. The summed E-state index contributed by atoms with van der Waals surface area (Å²) in [5.41, 5.74) is 13.1. The molecule has 0 aliphatic carbocycles. The second kappa shape index (κ2) is 14.1. The van der Waals surface area contributed by atoms with Crippen molar-refractivity contribution in [2.45, 2.75) is 52.6 Å². The molecule has 0 amide bonds. The van der Waals surface area contributed by atoms with Crippen LogP contribution >= 0.6 is 0 Å². The average Bonchev–Trinajstić information content (AvgIpc) is 3.48. The van der Waals surface area contributed by atoms with Gasteiger partial charge in [0.15, 0.2) is 0 Å². The Kier molecular flexibility index (Phi) is 9.77. The fourth-order valence-electron chi connectivity index (χ4n) is 5.18. The normalized spacial score (nSPS) is 12.0. The molecule has 4 aromatic carbocycles. The van der Waals surface area contributed by atoms with Gasteiger partial charge in [-0.3, -0.25) is 9.69 Å². The van der Waals surface area contributed by atoms with Crippen LogP contribution in [0, 0.1) is 13.8 Å². The largest absolute Gasteiger partial charge is 0.489 e. The summed E-state index contributed by atoms with van der Waals surface area (Å²) in [5, 5.41) is 10.4. The van der Waals surface area contributed by atoms with Crippen LogP contribution < -0.4 is 15.2 Å². The lowest BCUT2D eigenvalue weighted by Gasteiger charge is -2.25. The van der Waals surface area contributed by atoms with E-state index in [2.05, 4.69) is 49.1 Å². The lowest BCUT2D eigenvalue weighted by atomic mass is 10.1. The zero-order valence-corrected chi connectivity index (χ0v) is 24.7. The third-order valence-corrected chi connectivity index (χ3v) is 7.46. The van der Waals surface area contributed by atoms with E-state index < -0.39 is 12.0 Å². The van der Waals surface area contributed by atoms with Crippen LogP contribution in [-0.4, -0.2) is 28.6 Å². The van der Waals surface area contributed by atoms with Gasteiger partial charge >= 0.3 is 5.97 Å². The molecule has 222 valence electrons. The van der Waals surface area contributed by atoms with Crippen molar-refractivity contribution in [3.05, 3.63) is 131 Å². The molecule has 0 aliphatic heterocycles. The Morgan fingerprint density at radius 3 is 2.19 bits per heavy atom. The highest BCUT2D eigenvalue weighted by Gasteiger charge is 2.20. The molecule has 0 bridgehead atoms. The van der Waals surface area contributed by atoms with Crippen molar-refractivity contribution >= 4 is 16.9 Å². The van der Waals surface area contributed by atoms with Crippen LogP contribution in [0.2, 0.25) is 0 Å². The summed E-state index contributed by atoms with van der Waals surface area (Å²) >= 11 is 0. The molecule has 0 saturated heterocycles. The average molecular weight is 579 g/mol. The summed E-state index contributed by atoms with van der Waals surface area (Å²) in [6.45, 7) is 6.43. The number of aryl methyl sites for hydroxylation is 2. The number of ether oxygens (including phenoxy) is 2. The maximum absolute atomic E-state index is 11.6. The first-order valence-electron chi connectivity index (χ1n) is 14.5. The van der Waals surface area contributed by atoms with Gasteiger partial charge in [-0.25, -0.2) is 0 Å². The van der Waals surface area contributed by atoms with Crippen LogP contribution in [0.4, 0.5) is 0 Å². The Morgan fingerprint density at radius 1 is 0.837 bits per heavy atom. The van der Waals surface area contributed by atoms with Crippen molar-refractivity contribution in [2.75, 3.05) is 6.54 Å². The number of benzene rings is 4. The summed E-state index contributed by atoms with van der Waals surface area (Å²) in [7, 11) is 0. The fraction of sp³-hybridized carbons (Fsp3) is 0.250. The molecule has 1 atom stereocenters. The Labute approximate surface area is 252 Å². The van der Waals surface area contributed by atoms with Crippen molar-refractivity contribution in [3.63, 3.8) is 0 Å². The van der Waals surface area contributed by atoms with Gasteiger partial charge in [0.1, 0.15) is 36.3 Å². The van der Waals surface area contributed by atoms with Gasteiger partial charge in [-0.1, -0.05) is 77.9 Å². The number of carbonyl (C=O) groups is 1. The molecule has 7 nitrogen and oxygen atoms in total. The van der Waals surface area contributed by atoms with E-state index in [1.807, 2.05) is 60.7 Å². The Bertz CT molecular complexity index is 1680. The van der Waals surface area contributed by atoms with E-state index in [4.69, 9.17) is 19.6 Å². The van der Waals surface area contributed by atoms with Crippen LogP contribution in [0.3, 0.4) is 0 Å². The monoisotopic (exact) mass is 578 g/mol. The van der Waals surface area contributed by atoms with Crippen LogP contribution in [0.25, 0.3) is 11.0 Å². The number of carboxylic acid groups (broad SMARTS) is 1. The van der Waals surface area contributed by atoms with Crippen LogP contribution in [-0.2, 0) is 31.1 Å². The highest BCUT2D eigenvalue weighted by molar-refractivity contribution is 5.82. The lowest BCUT2D eigenvalue weighted by Crippen LogP contribution is -2.35. The molecule has 0 fully saturated rings. The first kappa shape index (κ1) is 29.9. The number of hydrogen-bond acceptors (Lipinski definition) is 6. The van der Waals surface area contributed by atoms with Crippen molar-refractivity contribution in [3.8, 4) is 11.5 Å². The van der Waals surface area contributed by atoms with Gasteiger partial charge in [0.2, 0.25) is 0 Å². The molecule has 0 saturated carbocycles. The number of hydrogen-bond donors (Lipinski definition) is 2. The molecule has 0 spiro atoms. The Hall–Kier alpha value is -4.59. The molecular weight excluding hydrogens is 540 g/mol. The number of nitrogens with zero attached hydrogens (tertiary/aromatic N) is 1. The third kappa shape index (κ3) is 8.03. The molecule has 1 aromatic heterocycles. The minimum Gasteiger partial charge on any atom is -0.489 e. The Morgan fingerprint density at radius 2 is 1.51 bits per heavy atom. The van der Waals surface area contributed by atoms with Crippen LogP contribution in [0.15, 0.2) is 102 Å². The quantitative estimate of drug-likeness (QED) is 0.146. The van der Waals surface area contributed by atoms with E-state index in [0.29, 0.717) is 32.8 Å². The highest BCUT2D eigenvalue weighted by Crippen LogP contribution is 2.32. The minimum absolute atomic E-state index is 0.287. The summed E-state index contributed by atoms with van der Waals surface area (Å²) in [6, 6.07) is 29.4. The summed E-state index contributed by atoms with van der Waals surface area (Å²) in [5.74, 6) is 0.487. The number of furan rings is 1. The SMILES string of the molecule is Cc1cccc(COc2ccccc2CN(CC[C@H](N)C(=O)O)Cc2c(OCc3cccc(C)c3)ccc3ccoc23)c1. The highest BCUT2D eigenvalue weighted by atomic mass is 16.5. The molecular formula is C36H38N2O5. The summed E-state index contributed by atoms with van der Waals surface area (Å²) < 4.78 is 18.6. The molecule has 5 rings (SSSR count). The molecule has 5 aromatic rings. The first-order chi connectivity index (χ1) is 20.9. The second-order valence-corrected chi connectivity index (χ2v) is 11.0. The smallest absolute Gasteiger partial charge is 0.320 e. The van der Waals surface area contributed by atoms with Gasteiger partial charge in [-0.15, -0.1) is 0 Å². The number of fused-ring (bicyclic) bond motifs is 1. The van der Waals surface area contributed by atoms with Gasteiger partial charge in [0.25, 0.3) is 0 Å². The van der Waals surface area contributed by atoms with Crippen LogP contribution in [0.1, 0.15) is 39.8 Å². The van der Waals surface area contributed by atoms with Crippen molar-refractivity contribution in [1.29, 1.82) is 0 Å². The van der Waals surface area contributed by atoms with Crippen LogP contribution in [0.5, 0.6) is 11.5 Å². The van der Waals surface area contributed by atoms with E-state index in [-0.39, 0.29) is 6.42 Å². The van der Waals surface area contributed by atoms with Crippen molar-refractivity contribution < 1.29 is 23.8 Å². The Balaban J connectivity index is 1.41. The number of para-hydroxylation sites is 1. The standard InChI is InChI=1S/C36H38N2O5/c1-25-7-5-9-27(19-25)23-42-33-12-4-3-11-30(33)21-38(17-15-32(37)36(39)40)22-31-34(14-13-29-16-18-41-35(29)31)43-24-28-10-6-8-26(2)20-28/h3-14,16,18-20,32H,15,17,21-24,37H2,1-2H3,(H,39,40)/t32-/m0/s1. The van der Waals surface area contributed by atoms with E-state index in [1.54, 1.807) is 6.26 Å². The maximum atomic E-state index is 11.6. The molecule has 3 N–H and O–H groups in total. The zero-order valence-electron chi connectivity index (χ0n) is 24.7. The van der Waals surface area contributed by atoms with E-state index in [9.17, 15) is 9.90 Å². The molecule has 0 unspecified atom stereocenters. The zero-order chi connectivity index (χ0) is 30.2. The summed E-state index contributed by atoms with van der Waals surface area (Å²) in [4.78, 5) is 13.7. The number of carboxylic acids is 1. The van der Waals surface area contributed by atoms with E-state index >= 15 is 0 Å². The van der Waals surface area contributed by atoms with Crippen molar-refractivity contribution in [2.24, 2.45) is 5.73 Å². The predicted octanol–water partition coefficient (Wildman–Crippen LogP) is 7.01. The second-order valence-electron chi connectivity index (χ2n) is 11.0. The lowest BCUT2D eigenvalue weighted by molar-refractivity contribution is -0.138. The predicted molar refractivity (Wildman–Crippen MR) is 168 cm³/mol. The number of nitrogens with two attached hydrogens (primary N) is 1. The van der Waals surface area contributed by atoms with Gasteiger partial charge < -0.3 is 24.7 Å². The van der Waals surface area contributed by atoms with Crippen molar-refractivity contribution in [1.82, 2.24) is 4.90 Å². The number of rotatable bonds is 14. The molecule has 7 heteroatoms. The summed E-state index contributed by atoms with van der Waals surface area (Å²) in [6.07, 6.45) is 1.97. The minimum atomic E-state index is -1.02. The maximum Gasteiger partial charge on any atom is 0.320 e. The van der Waals surface area contributed by atoms with Gasteiger partial charge in [-0.2, -0.15) is 0 Å². The van der Waals surface area contributed by atoms with Gasteiger partial charge in [0, 0.05) is 30.6 Å². The van der Waals surface area contributed by atoms with E-state index in [0.717, 1.165) is 44.7 Å². The molecule has 43 heavy (non-hydrogen) atoms. The first-order valence-corrected chi connectivity index (χ1v) is 14.5. The fourth-order valence-corrected chi connectivity index (χ4v) is 5.18. The molecule has 1 heterocycles.